The van der Waals surface area contributed by atoms with Crippen molar-refractivity contribution in [3.05, 3.63) is 65.5 Å². The fourth-order valence-corrected chi connectivity index (χ4v) is 2.86. The fourth-order valence-electron chi connectivity index (χ4n) is 2.86. The Morgan fingerprint density at radius 2 is 1.67 bits per heavy atom. The molecule has 0 saturated heterocycles. The average molecular weight is 455 g/mol. The molecule has 33 heavy (non-hydrogen) atoms. The highest BCUT2D eigenvalue weighted by atomic mass is 19.1. The van der Waals surface area contributed by atoms with E-state index in [0.29, 0.717) is 23.2 Å². The summed E-state index contributed by atoms with van der Waals surface area (Å²) in [7, 11) is 0. The van der Waals surface area contributed by atoms with Gasteiger partial charge in [-0.2, -0.15) is 5.26 Å². The van der Waals surface area contributed by atoms with E-state index in [9.17, 15) is 18.8 Å². The molecule has 2 aromatic rings. The van der Waals surface area contributed by atoms with Gasteiger partial charge in [-0.15, -0.1) is 0 Å². The van der Waals surface area contributed by atoms with Crippen LogP contribution in [0, 0.1) is 23.1 Å². The third-order valence-electron chi connectivity index (χ3n) is 4.90. The van der Waals surface area contributed by atoms with E-state index in [0.717, 1.165) is 0 Å². The molecule has 2 N–H and O–H groups in total. The van der Waals surface area contributed by atoms with Crippen molar-refractivity contribution in [3.8, 4) is 6.07 Å². The van der Waals surface area contributed by atoms with Crippen LogP contribution >= 0.6 is 0 Å². The maximum Gasteiger partial charge on any atom is 0.408 e. The largest absolute Gasteiger partial charge is 0.449 e. The molecule has 0 fully saturated rings. The van der Waals surface area contributed by atoms with Gasteiger partial charge in [-0.1, -0.05) is 44.5 Å². The van der Waals surface area contributed by atoms with Gasteiger partial charge in [0.1, 0.15) is 24.5 Å². The number of nitrogens with zero attached hydrogens (tertiary/aromatic N) is 1. The molecule has 2 aromatic carbocycles. The Balaban J connectivity index is 1.84. The monoisotopic (exact) mass is 455 g/mol. The SMILES string of the molecule is CC[C@H](C)[C@H](NC(=O)OCc1ccc(NC(=O)Cc2ccc(F)cc2)cc1)C(=O)OCC#N. The first-order valence-corrected chi connectivity index (χ1v) is 10.4. The maximum atomic E-state index is 12.9. The second-order valence-corrected chi connectivity index (χ2v) is 7.40. The lowest BCUT2D eigenvalue weighted by atomic mass is 9.99. The predicted molar refractivity (Wildman–Crippen MR) is 118 cm³/mol. The van der Waals surface area contributed by atoms with Crippen LogP contribution in [0.4, 0.5) is 14.9 Å². The molecular formula is C24H26FN3O5. The molecule has 0 aromatic heterocycles. The van der Waals surface area contributed by atoms with Crippen LogP contribution in [0.1, 0.15) is 31.4 Å². The van der Waals surface area contributed by atoms with Crippen LogP contribution in [0.5, 0.6) is 0 Å². The van der Waals surface area contributed by atoms with Gasteiger partial charge in [0.15, 0.2) is 6.61 Å². The number of rotatable bonds is 10. The van der Waals surface area contributed by atoms with Crippen LogP contribution < -0.4 is 10.6 Å². The van der Waals surface area contributed by atoms with Gasteiger partial charge in [0, 0.05) is 5.69 Å². The summed E-state index contributed by atoms with van der Waals surface area (Å²) in [5.74, 6) is -1.51. The molecule has 2 atom stereocenters. The number of nitrogens with one attached hydrogen (secondary N) is 2. The van der Waals surface area contributed by atoms with Crippen LogP contribution in [0.25, 0.3) is 0 Å². The van der Waals surface area contributed by atoms with Gasteiger partial charge >= 0.3 is 12.1 Å². The number of carbonyl (C=O) groups is 3. The number of halogens is 1. The van der Waals surface area contributed by atoms with E-state index in [-0.39, 0.29) is 30.7 Å². The summed E-state index contributed by atoms with van der Waals surface area (Å²) in [6, 6.07) is 13.2. The van der Waals surface area contributed by atoms with Crippen molar-refractivity contribution in [2.45, 2.75) is 39.3 Å². The van der Waals surface area contributed by atoms with Gasteiger partial charge in [0.05, 0.1) is 6.42 Å². The van der Waals surface area contributed by atoms with Crippen molar-refractivity contribution in [3.63, 3.8) is 0 Å². The number of ether oxygens (including phenoxy) is 2. The molecule has 0 aliphatic rings. The Labute approximate surface area is 191 Å². The number of amides is 2. The van der Waals surface area contributed by atoms with Crippen molar-refractivity contribution in [2.24, 2.45) is 5.92 Å². The smallest absolute Gasteiger partial charge is 0.408 e. The van der Waals surface area contributed by atoms with Crippen molar-refractivity contribution < 1.29 is 28.2 Å². The van der Waals surface area contributed by atoms with Crippen LogP contribution in [0.15, 0.2) is 48.5 Å². The number of esters is 1. The van der Waals surface area contributed by atoms with E-state index in [1.54, 1.807) is 49.4 Å². The van der Waals surface area contributed by atoms with Gasteiger partial charge < -0.3 is 20.1 Å². The first-order chi connectivity index (χ1) is 15.8. The summed E-state index contributed by atoms with van der Waals surface area (Å²) < 4.78 is 22.9. The lowest BCUT2D eigenvalue weighted by molar-refractivity contribution is -0.146. The summed E-state index contributed by atoms with van der Waals surface area (Å²) in [6.45, 7) is 3.20. The number of hydrogen-bond acceptors (Lipinski definition) is 6. The van der Waals surface area contributed by atoms with Crippen molar-refractivity contribution >= 4 is 23.7 Å². The first-order valence-electron chi connectivity index (χ1n) is 10.4. The number of benzene rings is 2. The molecule has 0 radical (unpaired) electrons. The fraction of sp³-hybridized carbons (Fsp3) is 0.333. The van der Waals surface area contributed by atoms with Gasteiger partial charge in [0.2, 0.25) is 5.91 Å². The maximum absolute atomic E-state index is 12.9. The lowest BCUT2D eigenvalue weighted by Crippen LogP contribution is -2.46. The second kappa shape index (κ2) is 12.8. The summed E-state index contributed by atoms with van der Waals surface area (Å²) >= 11 is 0. The Morgan fingerprint density at radius 3 is 2.27 bits per heavy atom. The van der Waals surface area contributed by atoms with Crippen LogP contribution in [-0.2, 0) is 32.1 Å². The van der Waals surface area contributed by atoms with Crippen LogP contribution in [0.3, 0.4) is 0 Å². The standard InChI is InChI=1S/C24H26FN3O5/c1-3-16(2)22(23(30)32-13-12-26)28-24(31)33-15-18-6-10-20(11-7-18)27-21(29)14-17-4-8-19(25)9-5-17/h4-11,16,22H,3,13-15H2,1-2H3,(H,27,29)(H,28,31)/t16-,22-/m0/s1. The molecule has 174 valence electrons. The quantitative estimate of drug-likeness (QED) is 0.528. The Hall–Kier alpha value is -3.93. The molecule has 0 aliphatic carbocycles. The zero-order valence-electron chi connectivity index (χ0n) is 18.5. The van der Waals surface area contributed by atoms with E-state index in [2.05, 4.69) is 10.6 Å². The molecule has 9 heteroatoms. The number of anilines is 1. The van der Waals surface area contributed by atoms with Gasteiger partial charge in [0.25, 0.3) is 0 Å². The summed E-state index contributed by atoms with van der Waals surface area (Å²) in [5.41, 5.74) is 1.93. The molecule has 0 saturated carbocycles. The number of nitriles is 1. The van der Waals surface area contributed by atoms with E-state index in [1.165, 1.54) is 12.1 Å². The Bertz CT molecular complexity index is 987. The van der Waals surface area contributed by atoms with Crippen LogP contribution in [0.2, 0.25) is 0 Å². The molecule has 0 spiro atoms. The van der Waals surface area contributed by atoms with Crippen molar-refractivity contribution in [1.29, 1.82) is 5.26 Å². The number of alkyl carbamates (subject to hydrolysis) is 1. The highest BCUT2D eigenvalue weighted by molar-refractivity contribution is 5.92. The minimum absolute atomic E-state index is 0.0455. The third-order valence-corrected chi connectivity index (χ3v) is 4.90. The predicted octanol–water partition coefficient (Wildman–Crippen LogP) is 3.71. The van der Waals surface area contributed by atoms with Gasteiger partial charge in [-0.3, -0.25) is 4.79 Å². The summed E-state index contributed by atoms with van der Waals surface area (Å²) in [6.07, 6.45) is -0.0636. The Morgan fingerprint density at radius 1 is 1.03 bits per heavy atom. The molecular weight excluding hydrogens is 429 g/mol. The van der Waals surface area contributed by atoms with E-state index in [4.69, 9.17) is 14.7 Å². The molecule has 8 nitrogen and oxygen atoms in total. The minimum Gasteiger partial charge on any atom is -0.449 e. The highest BCUT2D eigenvalue weighted by Gasteiger charge is 2.28. The topological polar surface area (TPSA) is 118 Å². The minimum atomic E-state index is -0.922. The Kier molecular flexibility index (Phi) is 9.83. The molecule has 0 bridgehead atoms. The summed E-state index contributed by atoms with van der Waals surface area (Å²) in [4.78, 5) is 36.4. The van der Waals surface area contributed by atoms with Gasteiger partial charge in [-0.25, -0.2) is 14.0 Å². The highest BCUT2D eigenvalue weighted by Crippen LogP contribution is 2.13. The lowest BCUT2D eigenvalue weighted by Gasteiger charge is -2.21. The van der Waals surface area contributed by atoms with Crippen molar-refractivity contribution in [2.75, 3.05) is 11.9 Å². The number of hydrogen-bond donors (Lipinski definition) is 2. The normalized spacial score (nSPS) is 12.1. The van der Waals surface area contributed by atoms with Gasteiger partial charge in [-0.05, 0) is 41.3 Å². The van der Waals surface area contributed by atoms with E-state index >= 15 is 0 Å². The van der Waals surface area contributed by atoms with Crippen molar-refractivity contribution in [1.82, 2.24) is 5.32 Å². The van der Waals surface area contributed by atoms with E-state index < -0.39 is 24.7 Å². The molecule has 2 rings (SSSR count). The first kappa shape index (κ1) is 25.3. The molecule has 0 unspecified atom stereocenters. The third kappa shape index (κ3) is 8.61. The van der Waals surface area contributed by atoms with Crippen LogP contribution in [-0.4, -0.2) is 30.6 Å². The second-order valence-electron chi connectivity index (χ2n) is 7.40. The zero-order chi connectivity index (χ0) is 24.2. The molecule has 2 amide bonds. The van der Waals surface area contributed by atoms with E-state index in [1.807, 2.05) is 6.92 Å². The molecule has 0 heterocycles. The summed E-state index contributed by atoms with van der Waals surface area (Å²) in [5, 5.41) is 13.8. The zero-order valence-corrected chi connectivity index (χ0v) is 18.5. The molecule has 0 aliphatic heterocycles. The average Bonchev–Trinajstić information content (AvgIpc) is 2.81. The number of carbonyl (C=O) groups excluding carboxylic acids is 3.